The molecule has 0 heterocycles. The molecule has 17 heavy (non-hydrogen) atoms. The van der Waals surface area contributed by atoms with Crippen LogP contribution in [-0.2, 0) is 0 Å². The maximum atomic E-state index is 6.08. The van der Waals surface area contributed by atoms with Gasteiger partial charge in [-0.2, -0.15) is 0 Å². The van der Waals surface area contributed by atoms with E-state index in [0.717, 1.165) is 17.1 Å². The third kappa shape index (κ3) is 3.05. The fourth-order valence-corrected chi connectivity index (χ4v) is 1.92. The molecule has 0 aromatic heterocycles. The highest BCUT2D eigenvalue weighted by Crippen LogP contribution is 2.28. The zero-order valence-corrected chi connectivity index (χ0v) is 10.8. The van der Waals surface area contributed by atoms with E-state index in [2.05, 4.69) is 10.6 Å². The molecule has 0 spiro atoms. The minimum Gasteiger partial charge on any atom is -0.388 e. The summed E-state index contributed by atoms with van der Waals surface area (Å²) in [7, 11) is 1.89. The van der Waals surface area contributed by atoms with Crippen molar-refractivity contribution < 1.29 is 0 Å². The third-order valence-corrected chi connectivity index (χ3v) is 2.93. The summed E-state index contributed by atoms with van der Waals surface area (Å²) in [6, 6.07) is 13.3. The van der Waals surface area contributed by atoms with Gasteiger partial charge in [0.1, 0.15) is 0 Å². The van der Waals surface area contributed by atoms with Gasteiger partial charge in [-0.15, -0.1) is 0 Å². The summed E-state index contributed by atoms with van der Waals surface area (Å²) < 4.78 is 0. The zero-order chi connectivity index (χ0) is 12.3. The summed E-state index contributed by atoms with van der Waals surface area (Å²) in [5.74, 6) is 0. The Kier molecular flexibility index (Phi) is 3.77. The zero-order valence-electron chi connectivity index (χ0n) is 9.30. The topological polar surface area (TPSA) is 24.1 Å². The van der Waals surface area contributed by atoms with Crippen molar-refractivity contribution in [3.63, 3.8) is 0 Å². The van der Waals surface area contributed by atoms with Crippen LogP contribution in [0.3, 0.4) is 0 Å². The molecule has 2 N–H and O–H groups in total. The molecule has 0 saturated heterocycles. The molecule has 0 amide bonds. The minimum atomic E-state index is 0.607. The van der Waals surface area contributed by atoms with Gasteiger partial charge in [0.2, 0.25) is 0 Å². The molecule has 2 rings (SSSR count). The van der Waals surface area contributed by atoms with Crippen LogP contribution in [0.1, 0.15) is 0 Å². The van der Waals surface area contributed by atoms with Crippen LogP contribution in [0.2, 0.25) is 10.0 Å². The van der Waals surface area contributed by atoms with Gasteiger partial charge in [0.15, 0.2) is 0 Å². The number of anilines is 3. The van der Waals surface area contributed by atoms with Crippen molar-refractivity contribution in [1.82, 2.24) is 0 Å². The average Bonchev–Trinajstić information content (AvgIpc) is 2.34. The third-order valence-electron chi connectivity index (χ3n) is 2.38. The van der Waals surface area contributed by atoms with E-state index < -0.39 is 0 Å². The molecule has 2 nitrogen and oxygen atoms in total. The summed E-state index contributed by atoms with van der Waals surface area (Å²) in [4.78, 5) is 0. The Hall–Kier alpha value is -1.38. The summed E-state index contributed by atoms with van der Waals surface area (Å²) in [5.41, 5.74) is 2.89. The molecular weight excluding hydrogens is 255 g/mol. The molecule has 0 aliphatic carbocycles. The number of halogens is 2. The second-order valence-electron chi connectivity index (χ2n) is 3.58. The number of hydrogen-bond donors (Lipinski definition) is 2. The van der Waals surface area contributed by atoms with E-state index in [-0.39, 0.29) is 0 Å². The molecule has 88 valence electrons. The largest absolute Gasteiger partial charge is 0.388 e. The average molecular weight is 267 g/mol. The fourth-order valence-electron chi connectivity index (χ4n) is 1.47. The first kappa shape index (κ1) is 12.1. The van der Waals surface area contributed by atoms with E-state index in [9.17, 15) is 0 Å². The van der Waals surface area contributed by atoms with E-state index in [0.29, 0.717) is 10.0 Å². The fraction of sp³-hybridized carbons (Fsp3) is 0.0769. The Labute approximate surface area is 111 Å². The number of hydrogen-bond acceptors (Lipinski definition) is 2. The summed E-state index contributed by atoms with van der Waals surface area (Å²) in [6.07, 6.45) is 0. The molecule has 0 unspecified atom stereocenters. The van der Waals surface area contributed by atoms with Crippen molar-refractivity contribution in [3.8, 4) is 0 Å². The summed E-state index contributed by atoms with van der Waals surface area (Å²) in [6.45, 7) is 0. The van der Waals surface area contributed by atoms with Gasteiger partial charge in [-0.3, -0.25) is 0 Å². The molecular formula is C13H12Cl2N2. The van der Waals surface area contributed by atoms with Gasteiger partial charge in [-0.1, -0.05) is 23.2 Å². The lowest BCUT2D eigenvalue weighted by Crippen LogP contribution is -1.92. The van der Waals surface area contributed by atoms with Crippen LogP contribution in [0.25, 0.3) is 0 Å². The van der Waals surface area contributed by atoms with Gasteiger partial charge in [0, 0.05) is 23.4 Å². The van der Waals surface area contributed by atoms with Gasteiger partial charge in [-0.05, 0) is 42.5 Å². The van der Waals surface area contributed by atoms with Crippen LogP contribution < -0.4 is 10.6 Å². The standard InChI is InChI=1S/C13H12Cl2N2/c1-16-10-3-5-11(6-4-10)17-13-7-2-9(14)8-12(13)15/h2-8,16-17H,1H3. The second-order valence-corrected chi connectivity index (χ2v) is 4.42. The Morgan fingerprint density at radius 2 is 1.53 bits per heavy atom. The van der Waals surface area contributed by atoms with Gasteiger partial charge in [-0.25, -0.2) is 0 Å². The van der Waals surface area contributed by atoms with Gasteiger partial charge in [0.25, 0.3) is 0 Å². The van der Waals surface area contributed by atoms with Crippen molar-refractivity contribution in [2.24, 2.45) is 0 Å². The molecule has 0 aliphatic rings. The molecule has 4 heteroatoms. The van der Waals surface area contributed by atoms with E-state index in [1.54, 1.807) is 12.1 Å². The first-order valence-corrected chi connectivity index (χ1v) is 5.94. The Balaban J connectivity index is 2.19. The highest BCUT2D eigenvalue weighted by molar-refractivity contribution is 6.36. The van der Waals surface area contributed by atoms with E-state index in [4.69, 9.17) is 23.2 Å². The van der Waals surface area contributed by atoms with Crippen molar-refractivity contribution in [2.75, 3.05) is 17.7 Å². The number of nitrogens with one attached hydrogen (secondary N) is 2. The van der Waals surface area contributed by atoms with Crippen LogP contribution >= 0.6 is 23.2 Å². The van der Waals surface area contributed by atoms with Gasteiger partial charge >= 0.3 is 0 Å². The van der Waals surface area contributed by atoms with Crippen LogP contribution in [0, 0.1) is 0 Å². The van der Waals surface area contributed by atoms with Crippen LogP contribution in [0.15, 0.2) is 42.5 Å². The predicted molar refractivity (Wildman–Crippen MR) is 75.7 cm³/mol. The van der Waals surface area contributed by atoms with E-state index >= 15 is 0 Å². The second kappa shape index (κ2) is 5.30. The Bertz CT molecular complexity index is 509. The van der Waals surface area contributed by atoms with E-state index in [1.165, 1.54) is 0 Å². The minimum absolute atomic E-state index is 0.607. The molecule has 0 radical (unpaired) electrons. The molecule has 0 bridgehead atoms. The first-order valence-electron chi connectivity index (χ1n) is 5.19. The maximum Gasteiger partial charge on any atom is 0.0655 e. The highest BCUT2D eigenvalue weighted by atomic mass is 35.5. The molecule has 2 aromatic rings. The predicted octanol–water partition coefficient (Wildman–Crippen LogP) is 4.78. The maximum absolute atomic E-state index is 6.08. The Morgan fingerprint density at radius 1 is 0.882 bits per heavy atom. The van der Waals surface area contributed by atoms with E-state index in [1.807, 2.05) is 37.4 Å². The lowest BCUT2D eigenvalue weighted by Gasteiger charge is -2.09. The van der Waals surface area contributed by atoms with Crippen LogP contribution in [0.4, 0.5) is 17.1 Å². The molecule has 2 aromatic carbocycles. The normalized spacial score (nSPS) is 10.1. The SMILES string of the molecule is CNc1ccc(Nc2ccc(Cl)cc2Cl)cc1. The quantitative estimate of drug-likeness (QED) is 0.836. The van der Waals surface area contributed by atoms with Crippen molar-refractivity contribution >= 4 is 40.3 Å². The molecule has 0 aliphatic heterocycles. The lowest BCUT2D eigenvalue weighted by molar-refractivity contribution is 1.49. The van der Waals surface area contributed by atoms with Crippen LogP contribution in [0.5, 0.6) is 0 Å². The number of benzene rings is 2. The van der Waals surface area contributed by atoms with Crippen molar-refractivity contribution in [1.29, 1.82) is 0 Å². The summed E-state index contributed by atoms with van der Waals surface area (Å²) >= 11 is 11.9. The molecule has 0 fully saturated rings. The first-order chi connectivity index (χ1) is 8.19. The van der Waals surface area contributed by atoms with Gasteiger partial charge in [0.05, 0.1) is 10.7 Å². The van der Waals surface area contributed by atoms with Crippen molar-refractivity contribution in [2.45, 2.75) is 0 Å². The highest BCUT2D eigenvalue weighted by Gasteiger charge is 2.01. The lowest BCUT2D eigenvalue weighted by atomic mass is 10.2. The molecule has 0 saturated carbocycles. The number of rotatable bonds is 3. The Morgan fingerprint density at radius 3 is 2.12 bits per heavy atom. The van der Waals surface area contributed by atoms with Crippen LogP contribution in [-0.4, -0.2) is 7.05 Å². The monoisotopic (exact) mass is 266 g/mol. The van der Waals surface area contributed by atoms with Crippen molar-refractivity contribution in [3.05, 3.63) is 52.5 Å². The summed E-state index contributed by atoms with van der Waals surface area (Å²) in [5, 5.41) is 7.54. The smallest absolute Gasteiger partial charge is 0.0655 e. The van der Waals surface area contributed by atoms with Gasteiger partial charge < -0.3 is 10.6 Å². The molecule has 0 atom stereocenters.